The molecule has 88 valence electrons. The second kappa shape index (κ2) is 5.18. The number of hydrogen-bond donors (Lipinski definition) is 1. The predicted octanol–water partition coefficient (Wildman–Crippen LogP) is 1.36. The van der Waals surface area contributed by atoms with Crippen molar-refractivity contribution < 1.29 is 14.5 Å². The normalized spacial score (nSPS) is 9.41. The molecule has 0 aliphatic carbocycles. The van der Waals surface area contributed by atoms with Crippen LogP contribution >= 0.6 is 11.6 Å². The van der Waals surface area contributed by atoms with Crippen LogP contribution in [0.15, 0.2) is 12.1 Å². The summed E-state index contributed by atoms with van der Waals surface area (Å²) in [7, 11) is 0. The summed E-state index contributed by atoms with van der Waals surface area (Å²) >= 11 is 5.65. The first-order valence-electron chi connectivity index (χ1n) is 4.31. The number of carbonyl (C=O) groups is 1. The van der Waals surface area contributed by atoms with Crippen LogP contribution in [0.4, 0.5) is 5.69 Å². The van der Waals surface area contributed by atoms with Gasteiger partial charge in [-0.25, -0.2) is 0 Å². The van der Waals surface area contributed by atoms with Gasteiger partial charge in [-0.15, -0.1) is 6.42 Å². The Morgan fingerprint density at radius 3 is 2.76 bits per heavy atom. The Hall–Kier alpha value is -2.26. The lowest BCUT2D eigenvalue weighted by molar-refractivity contribution is -0.384. The maximum atomic E-state index is 11.1. The van der Waals surface area contributed by atoms with Crippen LogP contribution < -0.4 is 10.5 Å². The molecule has 1 amide bonds. The van der Waals surface area contributed by atoms with E-state index in [1.807, 2.05) is 0 Å². The second-order valence-corrected chi connectivity index (χ2v) is 3.32. The smallest absolute Gasteiger partial charge is 0.288 e. The molecule has 0 saturated heterocycles. The molecule has 17 heavy (non-hydrogen) atoms. The van der Waals surface area contributed by atoms with Crippen LogP contribution in [-0.2, 0) is 0 Å². The topological polar surface area (TPSA) is 95.5 Å². The number of terminal acetylenes is 1. The Morgan fingerprint density at radius 1 is 1.65 bits per heavy atom. The van der Waals surface area contributed by atoms with Gasteiger partial charge in [0.2, 0.25) is 0 Å². The molecule has 0 saturated carbocycles. The molecule has 2 N–H and O–H groups in total. The number of hydrogen-bond acceptors (Lipinski definition) is 4. The van der Waals surface area contributed by atoms with Gasteiger partial charge < -0.3 is 10.5 Å². The molecule has 0 aromatic heterocycles. The highest BCUT2D eigenvalue weighted by Gasteiger charge is 2.20. The maximum absolute atomic E-state index is 11.1. The van der Waals surface area contributed by atoms with Gasteiger partial charge in [0.1, 0.15) is 17.4 Å². The highest BCUT2D eigenvalue weighted by Crippen LogP contribution is 2.32. The number of nitro groups is 1. The summed E-state index contributed by atoms with van der Waals surface area (Å²) in [5.74, 6) is 1.34. The number of nitro benzene ring substituents is 1. The summed E-state index contributed by atoms with van der Waals surface area (Å²) < 4.78 is 5.02. The third kappa shape index (κ3) is 2.86. The van der Waals surface area contributed by atoms with E-state index in [4.69, 9.17) is 28.5 Å². The minimum absolute atomic E-state index is 0.0195. The van der Waals surface area contributed by atoms with Crippen molar-refractivity contribution in [3.05, 3.63) is 32.8 Å². The fourth-order valence-electron chi connectivity index (χ4n) is 1.11. The predicted molar refractivity (Wildman–Crippen MR) is 61.0 cm³/mol. The van der Waals surface area contributed by atoms with Crippen molar-refractivity contribution in [2.75, 3.05) is 6.61 Å². The fourth-order valence-corrected chi connectivity index (χ4v) is 1.34. The molecule has 0 heterocycles. The van der Waals surface area contributed by atoms with E-state index >= 15 is 0 Å². The third-order valence-electron chi connectivity index (χ3n) is 1.82. The number of halogens is 1. The average Bonchev–Trinajstić information content (AvgIpc) is 2.25. The van der Waals surface area contributed by atoms with E-state index < -0.39 is 16.5 Å². The maximum Gasteiger partial charge on any atom is 0.288 e. The molecule has 1 aromatic carbocycles. The van der Waals surface area contributed by atoms with Crippen LogP contribution in [-0.4, -0.2) is 17.4 Å². The minimum Gasteiger partial charge on any atom is -0.480 e. The lowest BCUT2D eigenvalue weighted by Crippen LogP contribution is -2.13. The molecule has 0 spiro atoms. The van der Waals surface area contributed by atoms with E-state index in [0.717, 1.165) is 12.1 Å². The highest BCUT2D eigenvalue weighted by molar-refractivity contribution is 6.33. The van der Waals surface area contributed by atoms with Crippen molar-refractivity contribution in [2.24, 2.45) is 5.73 Å². The van der Waals surface area contributed by atoms with E-state index in [-0.39, 0.29) is 22.9 Å². The molecule has 7 heteroatoms. The first-order valence-corrected chi connectivity index (χ1v) is 4.69. The second-order valence-electron chi connectivity index (χ2n) is 2.91. The molecule has 1 aromatic rings. The average molecular weight is 255 g/mol. The van der Waals surface area contributed by atoms with Gasteiger partial charge >= 0.3 is 0 Å². The van der Waals surface area contributed by atoms with Crippen LogP contribution in [0.2, 0.25) is 5.02 Å². The molecule has 0 radical (unpaired) electrons. The number of nitrogens with two attached hydrogens (primary N) is 1. The lowest BCUT2D eigenvalue weighted by atomic mass is 10.1. The third-order valence-corrected chi connectivity index (χ3v) is 2.12. The Labute approximate surface area is 101 Å². The number of benzene rings is 1. The molecule has 0 fully saturated rings. The molecular weight excluding hydrogens is 248 g/mol. The summed E-state index contributed by atoms with van der Waals surface area (Å²) in [4.78, 5) is 21.0. The summed E-state index contributed by atoms with van der Waals surface area (Å²) in [5, 5.41) is 10.5. The fraction of sp³-hybridized carbons (Fsp3) is 0.100. The first kappa shape index (κ1) is 12.8. The van der Waals surface area contributed by atoms with Crippen molar-refractivity contribution in [1.82, 2.24) is 0 Å². The molecular formula is C10H7ClN2O4. The van der Waals surface area contributed by atoms with Crippen LogP contribution in [0.25, 0.3) is 0 Å². The zero-order chi connectivity index (χ0) is 13.0. The molecule has 0 aliphatic rings. The van der Waals surface area contributed by atoms with Gasteiger partial charge in [0.25, 0.3) is 11.6 Å². The number of rotatable bonds is 4. The number of amides is 1. The van der Waals surface area contributed by atoms with Crippen molar-refractivity contribution in [3.8, 4) is 18.1 Å². The summed E-state index contributed by atoms with van der Waals surface area (Å²) in [6.07, 6.45) is 4.99. The Morgan fingerprint density at radius 2 is 2.29 bits per heavy atom. The van der Waals surface area contributed by atoms with Crippen LogP contribution in [0.3, 0.4) is 0 Å². The number of primary amides is 1. The molecule has 0 atom stereocenters. The van der Waals surface area contributed by atoms with E-state index in [1.165, 1.54) is 0 Å². The molecule has 6 nitrogen and oxygen atoms in total. The molecule has 0 aliphatic heterocycles. The van der Waals surface area contributed by atoms with E-state index in [9.17, 15) is 14.9 Å². The van der Waals surface area contributed by atoms with E-state index in [0.29, 0.717) is 0 Å². The monoisotopic (exact) mass is 254 g/mol. The highest BCUT2D eigenvalue weighted by atomic mass is 35.5. The standard InChI is InChI=1S/C10H7ClN2O4/c1-2-3-17-9-5-7(11)8(13(15)16)4-6(9)10(12)14/h1,4-5H,3H2,(H2,12,14). The Bertz CT molecular complexity index is 522. The number of nitrogens with zero attached hydrogens (tertiary/aromatic N) is 1. The minimum atomic E-state index is -0.864. The van der Waals surface area contributed by atoms with E-state index in [2.05, 4.69) is 5.92 Å². The van der Waals surface area contributed by atoms with Crippen molar-refractivity contribution in [1.29, 1.82) is 0 Å². The molecule has 1 rings (SSSR count). The van der Waals surface area contributed by atoms with Gasteiger partial charge in [-0.2, -0.15) is 0 Å². The van der Waals surface area contributed by atoms with Gasteiger partial charge in [0.05, 0.1) is 10.5 Å². The quantitative estimate of drug-likeness (QED) is 0.498. The van der Waals surface area contributed by atoms with Gasteiger partial charge in [0.15, 0.2) is 0 Å². The molecule has 0 bridgehead atoms. The lowest BCUT2D eigenvalue weighted by Gasteiger charge is -2.07. The zero-order valence-electron chi connectivity index (χ0n) is 8.47. The largest absolute Gasteiger partial charge is 0.480 e. The summed E-state index contributed by atoms with van der Waals surface area (Å²) in [6.45, 7) is -0.103. The number of ether oxygens (including phenoxy) is 1. The SMILES string of the molecule is C#CCOc1cc(Cl)c([N+](=O)[O-])cc1C(N)=O. The van der Waals surface area contributed by atoms with Crippen LogP contribution in [0, 0.1) is 22.5 Å². The summed E-state index contributed by atoms with van der Waals surface area (Å²) in [5.41, 5.74) is 4.50. The van der Waals surface area contributed by atoms with Crippen molar-refractivity contribution >= 4 is 23.2 Å². The van der Waals surface area contributed by atoms with Gasteiger partial charge in [-0.05, 0) is 0 Å². The van der Waals surface area contributed by atoms with Gasteiger partial charge in [-0.1, -0.05) is 17.5 Å². The van der Waals surface area contributed by atoms with E-state index in [1.54, 1.807) is 0 Å². The van der Waals surface area contributed by atoms with Gasteiger partial charge in [-0.3, -0.25) is 14.9 Å². The number of carbonyl (C=O) groups excluding carboxylic acids is 1. The first-order chi connectivity index (χ1) is 7.97. The molecule has 0 unspecified atom stereocenters. The van der Waals surface area contributed by atoms with Crippen molar-refractivity contribution in [3.63, 3.8) is 0 Å². The summed E-state index contributed by atoms with van der Waals surface area (Å²) in [6, 6.07) is 2.09. The Balaban J connectivity index is 3.31. The zero-order valence-corrected chi connectivity index (χ0v) is 9.23. The Kier molecular flexibility index (Phi) is 3.91. The van der Waals surface area contributed by atoms with Crippen LogP contribution in [0.5, 0.6) is 5.75 Å². The van der Waals surface area contributed by atoms with Gasteiger partial charge in [0, 0.05) is 12.1 Å². The van der Waals surface area contributed by atoms with Crippen molar-refractivity contribution in [2.45, 2.75) is 0 Å². The van der Waals surface area contributed by atoms with Crippen LogP contribution in [0.1, 0.15) is 10.4 Å².